The molecule has 19 heavy (non-hydrogen) atoms. The molecule has 1 heterocycles. The van der Waals surface area contributed by atoms with E-state index in [9.17, 15) is 4.39 Å². The number of halogens is 1. The van der Waals surface area contributed by atoms with Crippen LogP contribution in [-0.2, 0) is 0 Å². The molecule has 1 aliphatic rings. The molecule has 3 nitrogen and oxygen atoms in total. The van der Waals surface area contributed by atoms with Crippen molar-refractivity contribution in [1.82, 2.24) is 4.90 Å². The third kappa shape index (κ3) is 3.25. The highest BCUT2D eigenvalue weighted by molar-refractivity contribution is 5.50. The average Bonchev–Trinajstić information content (AvgIpc) is 2.38. The number of benzene rings is 1. The van der Waals surface area contributed by atoms with Crippen molar-refractivity contribution < 1.29 is 4.39 Å². The Hall–Kier alpha value is -1.13. The van der Waals surface area contributed by atoms with Gasteiger partial charge in [0.1, 0.15) is 5.82 Å². The van der Waals surface area contributed by atoms with Crippen molar-refractivity contribution >= 4 is 5.69 Å². The summed E-state index contributed by atoms with van der Waals surface area (Å²) in [5.41, 5.74) is 7.31. The van der Waals surface area contributed by atoms with Crippen LogP contribution in [0.5, 0.6) is 0 Å². The van der Waals surface area contributed by atoms with Crippen LogP contribution in [0.2, 0.25) is 0 Å². The summed E-state index contributed by atoms with van der Waals surface area (Å²) in [6.45, 7) is 4.03. The van der Waals surface area contributed by atoms with E-state index >= 15 is 0 Å². The summed E-state index contributed by atoms with van der Waals surface area (Å²) >= 11 is 0. The third-order valence-corrected chi connectivity index (χ3v) is 4.11. The standard InChI is InChI=1S/C15H24FN3/c1-11(17)12-4-5-15(14(16)10-12)19(3)13-6-8-18(2)9-7-13/h4-5,10-11,13H,6-9,17H2,1-3H3. The number of piperidine rings is 1. The van der Waals surface area contributed by atoms with Crippen LogP contribution in [0.1, 0.15) is 31.4 Å². The molecule has 0 spiro atoms. The van der Waals surface area contributed by atoms with Crippen LogP contribution in [0, 0.1) is 5.82 Å². The summed E-state index contributed by atoms with van der Waals surface area (Å²) in [5.74, 6) is -0.170. The van der Waals surface area contributed by atoms with Gasteiger partial charge in [-0.2, -0.15) is 0 Å². The second-order valence-corrected chi connectivity index (χ2v) is 5.64. The zero-order valence-corrected chi connectivity index (χ0v) is 12.1. The van der Waals surface area contributed by atoms with Gasteiger partial charge >= 0.3 is 0 Å². The van der Waals surface area contributed by atoms with Crippen LogP contribution in [0.4, 0.5) is 10.1 Å². The van der Waals surface area contributed by atoms with Crippen LogP contribution < -0.4 is 10.6 Å². The molecule has 0 aliphatic carbocycles. The SMILES string of the molecule is CC(N)c1ccc(N(C)C2CCN(C)CC2)c(F)c1. The van der Waals surface area contributed by atoms with E-state index in [1.807, 2.05) is 26.1 Å². The molecular weight excluding hydrogens is 241 g/mol. The molecule has 1 aliphatic heterocycles. The van der Waals surface area contributed by atoms with Crippen LogP contribution in [0.25, 0.3) is 0 Å². The highest BCUT2D eigenvalue weighted by Crippen LogP contribution is 2.26. The molecule has 1 unspecified atom stereocenters. The first-order chi connectivity index (χ1) is 8.99. The van der Waals surface area contributed by atoms with Gasteiger partial charge in [-0.25, -0.2) is 4.39 Å². The molecule has 1 atom stereocenters. The van der Waals surface area contributed by atoms with Crippen LogP contribution in [0.15, 0.2) is 18.2 Å². The fourth-order valence-corrected chi connectivity index (χ4v) is 2.67. The highest BCUT2D eigenvalue weighted by atomic mass is 19.1. The number of rotatable bonds is 3. The van der Waals surface area contributed by atoms with Gasteiger partial charge in [0.25, 0.3) is 0 Å². The second kappa shape index (κ2) is 5.88. The predicted octanol–water partition coefficient (Wildman–Crippen LogP) is 2.38. The minimum Gasteiger partial charge on any atom is -0.369 e. The van der Waals surface area contributed by atoms with E-state index in [1.165, 1.54) is 0 Å². The molecule has 0 amide bonds. The largest absolute Gasteiger partial charge is 0.369 e. The summed E-state index contributed by atoms with van der Waals surface area (Å²) < 4.78 is 14.2. The number of nitrogens with zero attached hydrogens (tertiary/aromatic N) is 2. The van der Waals surface area contributed by atoms with E-state index in [1.54, 1.807) is 6.07 Å². The van der Waals surface area contributed by atoms with Crippen molar-refractivity contribution in [3.05, 3.63) is 29.6 Å². The van der Waals surface area contributed by atoms with Crippen molar-refractivity contribution in [3.63, 3.8) is 0 Å². The smallest absolute Gasteiger partial charge is 0.146 e. The molecule has 0 bridgehead atoms. The van der Waals surface area contributed by atoms with E-state index in [0.717, 1.165) is 31.5 Å². The Balaban J connectivity index is 2.12. The predicted molar refractivity (Wildman–Crippen MR) is 77.9 cm³/mol. The van der Waals surface area contributed by atoms with Gasteiger partial charge in [-0.05, 0) is 57.6 Å². The number of hydrogen-bond acceptors (Lipinski definition) is 3. The lowest BCUT2D eigenvalue weighted by molar-refractivity contribution is 0.252. The van der Waals surface area contributed by atoms with Gasteiger partial charge in [0.15, 0.2) is 0 Å². The van der Waals surface area contributed by atoms with Crippen molar-refractivity contribution in [2.24, 2.45) is 5.73 Å². The maximum atomic E-state index is 14.2. The molecule has 0 radical (unpaired) electrons. The number of hydrogen-bond donors (Lipinski definition) is 1. The second-order valence-electron chi connectivity index (χ2n) is 5.64. The fraction of sp³-hybridized carbons (Fsp3) is 0.600. The van der Waals surface area contributed by atoms with Crippen LogP contribution in [-0.4, -0.2) is 38.1 Å². The molecule has 1 saturated heterocycles. The summed E-state index contributed by atoms with van der Waals surface area (Å²) in [6, 6.07) is 5.64. The Morgan fingerprint density at radius 3 is 2.53 bits per heavy atom. The minimum atomic E-state index is -0.170. The van der Waals surface area contributed by atoms with Gasteiger partial charge < -0.3 is 15.5 Å². The van der Waals surface area contributed by atoms with E-state index in [2.05, 4.69) is 16.8 Å². The minimum absolute atomic E-state index is 0.128. The third-order valence-electron chi connectivity index (χ3n) is 4.11. The number of nitrogens with two attached hydrogens (primary N) is 1. The first-order valence-electron chi connectivity index (χ1n) is 6.95. The van der Waals surface area contributed by atoms with E-state index in [0.29, 0.717) is 11.7 Å². The zero-order chi connectivity index (χ0) is 14.0. The zero-order valence-electron chi connectivity index (χ0n) is 12.1. The van der Waals surface area contributed by atoms with Gasteiger partial charge in [0, 0.05) is 19.1 Å². The van der Waals surface area contributed by atoms with E-state index < -0.39 is 0 Å². The summed E-state index contributed by atoms with van der Waals surface area (Å²) in [7, 11) is 4.12. The van der Waals surface area contributed by atoms with Gasteiger partial charge in [0.2, 0.25) is 0 Å². The quantitative estimate of drug-likeness (QED) is 0.910. The molecule has 2 rings (SSSR count). The molecule has 4 heteroatoms. The Bertz CT molecular complexity index is 425. The van der Waals surface area contributed by atoms with Crippen LogP contribution in [0.3, 0.4) is 0 Å². The summed E-state index contributed by atoms with van der Waals surface area (Å²) in [4.78, 5) is 4.40. The van der Waals surface area contributed by atoms with Gasteiger partial charge in [-0.15, -0.1) is 0 Å². The molecular formula is C15H24FN3. The van der Waals surface area contributed by atoms with Gasteiger partial charge in [0.05, 0.1) is 5.69 Å². The number of likely N-dealkylation sites (tertiary alicyclic amines) is 1. The molecule has 0 aromatic heterocycles. The Kier molecular flexibility index (Phi) is 4.42. The summed E-state index contributed by atoms with van der Waals surface area (Å²) in [6.07, 6.45) is 2.17. The summed E-state index contributed by atoms with van der Waals surface area (Å²) in [5, 5.41) is 0. The molecule has 106 valence electrons. The Labute approximate surface area is 115 Å². The molecule has 0 saturated carbocycles. The topological polar surface area (TPSA) is 32.5 Å². The van der Waals surface area contributed by atoms with Crippen molar-refractivity contribution in [1.29, 1.82) is 0 Å². The van der Waals surface area contributed by atoms with Gasteiger partial charge in [-0.1, -0.05) is 6.07 Å². The lowest BCUT2D eigenvalue weighted by atomic mass is 10.0. The number of anilines is 1. The van der Waals surface area contributed by atoms with Crippen molar-refractivity contribution in [3.8, 4) is 0 Å². The van der Waals surface area contributed by atoms with Gasteiger partial charge in [-0.3, -0.25) is 0 Å². The average molecular weight is 265 g/mol. The van der Waals surface area contributed by atoms with Crippen molar-refractivity contribution in [2.75, 3.05) is 32.1 Å². The Morgan fingerprint density at radius 2 is 2.00 bits per heavy atom. The Morgan fingerprint density at radius 1 is 1.37 bits per heavy atom. The highest BCUT2D eigenvalue weighted by Gasteiger charge is 2.22. The van der Waals surface area contributed by atoms with Crippen LogP contribution >= 0.6 is 0 Å². The first kappa shape index (κ1) is 14.3. The first-order valence-corrected chi connectivity index (χ1v) is 6.95. The fourth-order valence-electron chi connectivity index (χ4n) is 2.67. The maximum Gasteiger partial charge on any atom is 0.146 e. The molecule has 1 aromatic carbocycles. The molecule has 1 fully saturated rings. The van der Waals surface area contributed by atoms with E-state index in [4.69, 9.17) is 5.73 Å². The lowest BCUT2D eigenvalue weighted by Gasteiger charge is -2.36. The van der Waals surface area contributed by atoms with Crippen molar-refractivity contribution in [2.45, 2.75) is 31.8 Å². The van der Waals surface area contributed by atoms with E-state index in [-0.39, 0.29) is 11.9 Å². The lowest BCUT2D eigenvalue weighted by Crippen LogP contribution is -2.42. The monoisotopic (exact) mass is 265 g/mol. The molecule has 2 N–H and O–H groups in total. The normalized spacial score (nSPS) is 19.4. The maximum absolute atomic E-state index is 14.2. The molecule has 1 aromatic rings.